The molecule has 13 heavy (non-hydrogen) atoms. The summed E-state index contributed by atoms with van der Waals surface area (Å²) in [5.41, 5.74) is 0.381. The Hall–Kier alpha value is -1.02. The predicted octanol–water partition coefficient (Wildman–Crippen LogP) is 3.76. The van der Waals surface area contributed by atoms with Crippen LogP contribution in [0.5, 0.6) is 0 Å². The summed E-state index contributed by atoms with van der Waals surface area (Å²) in [6, 6.07) is 0. The van der Waals surface area contributed by atoms with E-state index in [0.717, 1.165) is 19.3 Å². The van der Waals surface area contributed by atoms with Crippen molar-refractivity contribution in [2.45, 2.75) is 52.6 Å². The van der Waals surface area contributed by atoms with Gasteiger partial charge in [-0.25, -0.2) is 22.8 Å². The average molecular weight is 178 g/mol. The van der Waals surface area contributed by atoms with Crippen LogP contribution in [0.3, 0.4) is 0 Å². The number of hydrogen-bond donors (Lipinski definition) is 0. The summed E-state index contributed by atoms with van der Waals surface area (Å²) in [4.78, 5) is 6.47. The highest BCUT2D eigenvalue weighted by Gasteiger charge is 2.15. The van der Waals surface area contributed by atoms with Crippen LogP contribution in [-0.2, 0) is 0 Å². The molecule has 0 atom stereocenters. The van der Waals surface area contributed by atoms with E-state index in [2.05, 4.69) is 30.5 Å². The number of rotatable bonds is 4. The van der Waals surface area contributed by atoms with Crippen molar-refractivity contribution in [1.29, 1.82) is 0 Å². The average Bonchev–Trinajstić information content (AvgIpc) is 2.03. The Bertz CT molecular complexity index is 198. The fourth-order valence-corrected chi connectivity index (χ4v) is 1.14. The van der Waals surface area contributed by atoms with E-state index >= 15 is 0 Å². The Morgan fingerprint density at radius 2 is 1.62 bits per heavy atom. The Morgan fingerprint density at radius 1 is 1.08 bits per heavy atom. The van der Waals surface area contributed by atoms with Crippen LogP contribution in [0.1, 0.15) is 46.5 Å². The van der Waals surface area contributed by atoms with E-state index in [1.807, 2.05) is 0 Å². The monoisotopic (exact) mass is 178 g/mol. The molecule has 0 aliphatic rings. The van der Waals surface area contributed by atoms with Crippen LogP contribution in [0.25, 0.3) is 9.69 Å². The van der Waals surface area contributed by atoms with E-state index in [0.29, 0.717) is 5.41 Å². The van der Waals surface area contributed by atoms with Gasteiger partial charge in [-0.3, -0.25) is 0 Å². The lowest BCUT2D eigenvalue weighted by atomic mass is 9.89. The molecule has 0 aromatic heterocycles. The molecule has 0 unspecified atom stereocenters. The van der Waals surface area contributed by atoms with Crippen molar-refractivity contribution < 1.29 is 0 Å². The van der Waals surface area contributed by atoms with Gasteiger partial charge in [-0.15, -0.1) is 0 Å². The van der Waals surface area contributed by atoms with Gasteiger partial charge in [-0.05, 0) is 18.3 Å². The quantitative estimate of drug-likeness (QED) is 0.458. The Balaban J connectivity index is 3.49. The third kappa shape index (κ3) is 7.34. The van der Waals surface area contributed by atoms with Gasteiger partial charge in [0.05, 0.1) is 0 Å². The van der Waals surface area contributed by atoms with E-state index < -0.39 is 6.17 Å². The van der Waals surface area contributed by atoms with E-state index in [9.17, 15) is 0 Å². The van der Waals surface area contributed by atoms with Gasteiger partial charge in [0, 0.05) is 0 Å². The molecule has 0 bridgehead atoms. The predicted molar refractivity (Wildman–Crippen MR) is 54.9 cm³/mol. The highest BCUT2D eigenvalue weighted by molar-refractivity contribution is 4.86. The maximum atomic E-state index is 6.73. The summed E-state index contributed by atoms with van der Waals surface area (Å²) < 4.78 is 0. The van der Waals surface area contributed by atoms with Gasteiger partial charge in [0.15, 0.2) is 0 Å². The minimum Gasteiger partial charge on any atom is -0.233 e. The van der Waals surface area contributed by atoms with Gasteiger partial charge in [-0.1, -0.05) is 27.2 Å². The fourth-order valence-electron chi connectivity index (χ4n) is 1.14. The zero-order valence-electron chi connectivity index (χ0n) is 8.80. The van der Waals surface area contributed by atoms with Crippen molar-refractivity contribution in [2.24, 2.45) is 5.41 Å². The lowest BCUT2D eigenvalue weighted by molar-refractivity contribution is 0.358. The van der Waals surface area contributed by atoms with Gasteiger partial charge in [0.25, 0.3) is 0 Å². The smallest absolute Gasteiger partial charge is 0.233 e. The van der Waals surface area contributed by atoms with Crippen LogP contribution in [0.15, 0.2) is 0 Å². The van der Waals surface area contributed by atoms with Gasteiger partial charge in [0.2, 0.25) is 0 Å². The van der Waals surface area contributed by atoms with Crippen molar-refractivity contribution >= 4 is 0 Å². The SMILES string of the molecule is [C-]#[N+]C(CCCCC(C)(C)C)[N+]#[C-]. The molecule has 0 saturated carbocycles. The maximum Gasteiger partial charge on any atom is 0.474 e. The summed E-state index contributed by atoms with van der Waals surface area (Å²) >= 11 is 0. The number of nitrogens with zero attached hydrogens (tertiary/aromatic N) is 2. The molecule has 0 spiro atoms. The first-order chi connectivity index (χ1) is 5.99. The van der Waals surface area contributed by atoms with Crippen LogP contribution in [0.2, 0.25) is 0 Å². The molecular weight excluding hydrogens is 160 g/mol. The largest absolute Gasteiger partial charge is 0.474 e. The number of hydrogen-bond acceptors (Lipinski definition) is 0. The van der Waals surface area contributed by atoms with Gasteiger partial charge < -0.3 is 0 Å². The minimum atomic E-state index is -0.431. The second-order valence-corrected chi connectivity index (χ2v) is 4.55. The molecule has 0 rings (SSSR count). The first kappa shape index (κ1) is 12.0. The van der Waals surface area contributed by atoms with Crippen molar-refractivity contribution in [3.63, 3.8) is 0 Å². The first-order valence-corrected chi connectivity index (χ1v) is 4.73. The summed E-state index contributed by atoms with van der Waals surface area (Å²) in [7, 11) is 0. The third-order valence-corrected chi connectivity index (χ3v) is 1.94. The lowest BCUT2D eigenvalue weighted by Crippen LogP contribution is -2.04. The third-order valence-electron chi connectivity index (χ3n) is 1.94. The van der Waals surface area contributed by atoms with Crippen LogP contribution < -0.4 is 0 Å². The second-order valence-electron chi connectivity index (χ2n) is 4.55. The maximum absolute atomic E-state index is 6.73. The van der Waals surface area contributed by atoms with E-state index in [1.165, 1.54) is 6.42 Å². The molecule has 0 N–H and O–H groups in total. The van der Waals surface area contributed by atoms with Crippen LogP contribution in [0, 0.1) is 18.6 Å². The molecule has 0 aromatic carbocycles. The highest BCUT2D eigenvalue weighted by atomic mass is 14.9. The van der Waals surface area contributed by atoms with E-state index in [4.69, 9.17) is 13.1 Å². The molecule has 72 valence electrons. The normalized spacial score (nSPS) is 10.9. The topological polar surface area (TPSA) is 8.72 Å². The highest BCUT2D eigenvalue weighted by Crippen LogP contribution is 2.22. The lowest BCUT2D eigenvalue weighted by Gasteiger charge is -2.16. The van der Waals surface area contributed by atoms with Gasteiger partial charge in [0.1, 0.15) is 6.42 Å². The van der Waals surface area contributed by atoms with Crippen molar-refractivity contribution in [1.82, 2.24) is 0 Å². The zero-order chi connectivity index (χ0) is 10.3. The molecule has 0 aliphatic heterocycles. The van der Waals surface area contributed by atoms with Crippen LogP contribution >= 0.6 is 0 Å². The molecule has 0 radical (unpaired) electrons. The Labute approximate surface area is 81.6 Å². The molecule has 0 fully saturated rings. The van der Waals surface area contributed by atoms with Crippen molar-refractivity contribution in [3.8, 4) is 0 Å². The van der Waals surface area contributed by atoms with Gasteiger partial charge >= 0.3 is 6.17 Å². The van der Waals surface area contributed by atoms with E-state index in [-0.39, 0.29) is 0 Å². The summed E-state index contributed by atoms with van der Waals surface area (Å²) in [6.45, 7) is 20.1. The molecule has 0 amide bonds. The molecule has 0 saturated heterocycles. The number of unbranched alkanes of at least 4 members (excludes halogenated alkanes) is 1. The van der Waals surface area contributed by atoms with Crippen molar-refractivity contribution in [3.05, 3.63) is 22.8 Å². The molecule has 0 aliphatic carbocycles. The molecule has 0 aromatic rings. The molecule has 2 heteroatoms. The summed E-state index contributed by atoms with van der Waals surface area (Å²) in [5.74, 6) is 0. The zero-order valence-corrected chi connectivity index (χ0v) is 8.80. The Morgan fingerprint density at radius 3 is 2.00 bits per heavy atom. The second kappa shape index (κ2) is 5.60. The van der Waals surface area contributed by atoms with Crippen LogP contribution in [-0.4, -0.2) is 6.17 Å². The standard InChI is InChI=1S/C11H18N2/c1-11(2,3)9-7-6-8-10(12-4)13-5/h10H,6-9H2,1-3H3. The fraction of sp³-hybridized carbons (Fsp3) is 0.818. The van der Waals surface area contributed by atoms with Crippen molar-refractivity contribution in [2.75, 3.05) is 0 Å². The van der Waals surface area contributed by atoms with E-state index in [1.54, 1.807) is 0 Å². The molecular formula is C11H18N2. The molecule has 0 heterocycles. The minimum absolute atomic E-state index is 0.381. The van der Waals surface area contributed by atoms with Gasteiger partial charge in [-0.2, -0.15) is 0 Å². The van der Waals surface area contributed by atoms with Crippen LogP contribution in [0.4, 0.5) is 0 Å². The summed E-state index contributed by atoms with van der Waals surface area (Å²) in [6.07, 6.45) is 3.62. The first-order valence-electron chi connectivity index (χ1n) is 4.73. The molecule has 2 nitrogen and oxygen atoms in total. The Kier molecular flexibility index (Phi) is 5.16. The summed E-state index contributed by atoms with van der Waals surface area (Å²) in [5, 5.41) is 0.